The topological polar surface area (TPSA) is 59.1 Å². The van der Waals surface area contributed by atoms with E-state index in [2.05, 4.69) is 9.71 Å². The first-order valence-electron chi connectivity index (χ1n) is 3.72. The molecule has 1 rings (SSSR count). The molecular weight excluding hydrogens is 247 g/mol. The first kappa shape index (κ1) is 11.6. The number of alkyl halides is 1. The minimum absolute atomic E-state index is 0.0276. The van der Waals surface area contributed by atoms with Gasteiger partial charge in [0.1, 0.15) is 0 Å². The minimum Gasteiger partial charge on any atom is -0.266 e. The number of sulfonamides is 1. The largest absolute Gasteiger partial charge is 0.266 e. The maximum atomic E-state index is 11.3. The number of halogens is 2. The van der Waals surface area contributed by atoms with Crippen molar-refractivity contribution in [3.8, 4) is 0 Å². The van der Waals surface area contributed by atoms with Gasteiger partial charge in [-0.2, -0.15) is 0 Å². The second kappa shape index (κ2) is 4.82. The molecule has 0 saturated heterocycles. The number of aromatic nitrogens is 1. The third-order valence-electron chi connectivity index (χ3n) is 1.36. The van der Waals surface area contributed by atoms with Gasteiger partial charge in [0.2, 0.25) is 10.0 Å². The number of rotatable bonds is 4. The third kappa shape index (κ3) is 3.32. The smallest absolute Gasteiger partial charge is 0.235 e. The lowest BCUT2D eigenvalue weighted by Gasteiger charge is -2.06. The second-order valence-electron chi connectivity index (χ2n) is 2.44. The average Bonchev–Trinajstić information content (AvgIpc) is 2.08. The lowest BCUT2D eigenvalue weighted by Crippen LogP contribution is -2.18. The molecule has 7 heteroatoms. The molecule has 14 heavy (non-hydrogen) atoms. The molecule has 0 radical (unpaired) electrons. The van der Waals surface area contributed by atoms with Crippen molar-refractivity contribution in [1.29, 1.82) is 0 Å². The summed E-state index contributed by atoms with van der Waals surface area (Å²) in [5, 5.41) is 0.255. The van der Waals surface area contributed by atoms with Gasteiger partial charge in [-0.15, -0.1) is 11.6 Å². The van der Waals surface area contributed by atoms with Gasteiger partial charge in [-0.05, 0) is 12.1 Å². The predicted octanol–water partition coefficient (Wildman–Crippen LogP) is 1.72. The molecule has 1 aromatic heterocycles. The summed E-state index contributed by atoms with van der Waals surface area (Å²) in [6.07, 6.45) is 1.45. The van der Waals surface area contributed by atoms with Crippen molar-refractivity contribution in [2.45, 2.75) is 0 Å². The third-order valence-corrected chi connectivity index (χ3v) is 3.32. The highest BCUT2D eigenvalue weighted by molar-refractivity contribution is 7.92. The van der Waals surface area contributed by atoms with Crippen LogP contribution in [0.3, 0.4) is 0 Å². The van der Waals surface area contributed by atoms with Gasteiger partial charge in [0.05, 0.1) is 10.8 Å². The molecule has 0 aliphatic rings. The van der Waals surface area contributed by atoms with Crippen molar-refractivity contribution < 1.29 is 8.42 Å². The molecule has 0 amide bonds. The molecule has 0 spiro atoms. The Bertz CT molecular complexity index is 408. The Labute approximate surface area is 92.3 Å². The van der Waals surface area contributed by atoms with Gasteiger partial charge in [-0.25, -0.2) is 13.4 Å². The van der Waals surface area contributed by atoms with Crippen LogP contribution in [0.5, 0.6) is 0 Å². The second-order valence-corrected chi connectivity index (χ2v) is 5.07. The van der Waals surface area contributed by atoms with E-state index < -0.39 is 10.0 Å². The molecule has 4 nitrogen and oxygen atoms in total. The Balaban J connectivity index is 2.84. The van der Waals surface area contributed by atoms with E-state index in [1.807, 2.05) is 0 Å². The van der Waals surface area contributed by atoms with Crippen molar-refractivity contribution in [1.82, 2.24) is 4.98 Å². The molecule has 0 saturated carbocycles. The molecule has 0 atom stereocenters. The molecule has 0 aliphatic carbocycles. The van der Waals surface area contributed by atoms with E-state index in [0.717, 1.165) is 0 Å². The fraction of sp³-hybridized carbons (Fsp3) is 0.286. The number of anilines is 1. The lowest BCUT2D eigenvalue weighted by atomic mass is 10.5. The maximum Gasteiger partial charge on any atom is 0.235 e. The van der Waals surface area contributed by atoms with Crippen molar-refractivity contribution in [3.63, 3.8) is 0 Å². The first-order chi connectivity index (χ1) is 6.55. The quantitative estimate of drug-likeness (QED) is 0.833. The van der Waals surface area contributed by atoms with Crippen LogP contribution >= 0.6 is 23.2 Å². The average molecular weight is 255 g/mol. The molecule has 1 heterocycles. The van der Waals surface area contributed by atoms with Crippen LogP contribution in [0.2, 0.25) is 5.02 Å². The summed E-state index contributed by atoms with van der Waals surface area (Å²) in [4.78, 5) is 3.78. The van der Waals surface area contributed by atoms with Crippen LogP contribution in [0.15, 0.2) is 18.3 Å². The van der Waals surface area contributed by atoms with Gasteiger partial charge in [0.15, 0.2) is 5.82 Å². The summed E-state index contributed by atoms with van der Waals surface area (Å²) in [6.45, 7) is 0. The number of hydrogen-bond donors (Lipinski definition) is 1. The van der Waals surface area contributed by atoms with E-state index in [4.69, 9.17) is 23.2 Å². The van der Waals surface area contributed by atoms with Crippen LogP contribution in [-0.4, -0.2) is 25.0 Å². The molecular formula is C7H8Cl2N2O2S. The van der Waals surface area contributed by atoms with Gasteiger partial charge in [-0.1, -0.05) is 11.6 Å². The van der Waals surface area contributed by atoms with Crippen molar-refractivity contribution in [3.05, 3.63) is 23.4 Å². The van der Waals surface area contributed by atoms with Crippen LogP contribution in [0.25, 0.3) is 0 Å². The number of pyridine rings is 1. The fourth-order valence-electron chi connectivity index (χ4n) is 0.761. The van der Waals surface area contributed by atoms with Gasteiger partial charge >= 0.3 is 0 Å². The molecule has 0 aromatic carbocycles. The summed E-state index contributed by atoms with van der Waals surface area (Å²) in [6, 6.07) is 3.16. The summed E-state index contributed by atoms with van der Waals surface area (Å²) in [7, 11) is -3.44. The fourth-order valence-corrected chi connectivity index (χ4v) is 2.36. The van der Waals surface area contributed by atoms with Gasteiger partial charge < -0.3 is 0 Å². The van der Waals surface area contributed by atoms with Crippen LogP contribution in [0, 0.1) is 0 Å². The summed E-state index contributed by atoms with van der Waals surface area (Å²) >= 11 is 11.0. The zero-order chi connectivity index (χ0) is 10.6. The molecule has 0 aliphatic heterocycles. The summed E-state index contributed by atoms with van der Waals surface area (Å²) < 4.78 is 24.7. The van der Waals surface area contributed by atoms with Gasteiger partial charge in [0.25, 0.3) is 0 Å². The zero-order valence-electron chi connectivity index (χ0n) is 7.07. The van der Waals surface area contributed by atoms with Crippen LogP contribution < -0.4 is 4.72 Å². The van der Waals surface area contributed by atoms with E-state index in [1.54, 1.807) is 12.1 Å². The highest BCUT2D eigenvalue weighted by Gasteiger charge is 2.11. The highest BCUT2D eigenvalue weighted by Crippen LogP contribution is 2.18. The maximum absolute atomic E-state index is 11.3. The molecule has 1 N–H and O–H groups in total. The van der Waals surface area contributed by atoms with Crippen molar-refractivity contribution in [2.24, 2.45) is 0 Å². The molecule has 1 aromatic rings. The van der Waals surface area contributed by atoms with E-state index >= 15 is 0 Å². The number of nitrogens with zero attached hydrogens (tertiary/aromatic N) is 1. The number of hydrogen-bond acceptors (Lipinski definition) is 3. The van der Waals surface area contributed by atoms with Gasteiger partial charge in [-0.3, -0.25) is 4.72 Å². The highest BCUT2D eigenvalue weighted by atomic mass is 35.5. The summed E-state index contributed by atoms with van der Waals surface area (Å²) in [5.41, 5.74) is 0. The van der Waals surface area contributed by atoms with Crippen LogP contribution in [0.1, 0.15) is 0 Å². The standard InChI is InChI=1S/C7H8Cl2N2O2S/c8-3-5-14(12,13)11-7-6(9)2-1-4-10-7/h1-2,4H,3,5H2,(H,10,11). The van der Waals surface area contributed by atoms with E-state index in [1.165, 1.54) is 6.20 Å². The Morgan fingerprint density at radius 2 is 2.21 bits per heavy atom. The van der Waals surface area contributed by atoms with Crippen molar-refractivity contribution in [2.75, 3.05) is 16.4 Å². The normalized spacial score (nSPS) is 11.3. The Morgan fingerprint density at radius 1 is 1.50 bits per heavy atom. The van der Waals surface area contributed by atoms with Crippen molar-refractivity contribution >= 4 is 39.0 Å². The molecule has 0 unspecified atom stereocenters. The van der Waals surface area contributed by atoms with Crippen LogP contribution in [-0.2, 0) is 10.0 Å². The zero-order valence-corrected chi connectivity index (χ0v) is 9.40. The first-order valence-corrected chi connectivity index (χ1v) is 6.28. The Kier molecular flexibility index (Phi) is 3.97. The number of nitrogens with one attached hydrogen (secondary N) is 1. The van der Waals surface area contributed by atoms with E-state index in [0.29, 0.717) is 0 Å². The van der Waals surface area contributed by atoms with E-state index in [9.17, 15) is 8.42 Å². The molecule has 0 fully saturated rings. The Hall–Kier alpha value is -0.520. The minimum atomic E-state index is -3.44. The molecule has 78 valence electrons. The SMILES string of the molecule is O=S(=O)(CCCl)Nc1ncccc1Cl. The van der Waals surface area contributed by atoms with Crippen LogP contribution in [0.4, 0.5) is 5.82 Å². The monoisotopic (exact) mass is 254 g/mol. The van der Waals surface area contributed by atoms with E-state index in [-0.39, 0.29) is 22.5 Å². The lowest BCUT2D eigenvalue weighted by molar-refractivity contribution is 0.602. The summed E-state index contributed by atoms with van der Waals surface area (Å²) in [5.74, 6) is -0.0133. The molecule has 0 bridgehead atoms. The van der Waals surface area contributed by atoms with Gasteiger partial charge in [0, 0.05) is 12.1 Å². The Morgan fingerprint density at radius 3 is 2.79 bits per heavy atom. The predicted molar refractivity (Wildman–Crippen MR) is 57.4 cm³/mol.